The lowest BCUT2D eigenvalue weighted by atomic mass is 10.1. The molecule has 0 N–H and O–H groups in total. The lowest BCUT2D eigenvalue weighted by Crippen LogP contribution is -2.30. The molecule has 2 heterocycles. The monoisotopic (exact) mass is 373 g/mol. The van der Waals surface area contributed by atoms with E-state index in [0.29, 0.717) is 24.7 Å². The van der Waals surface area contributed by atoms with Crippen LogP contribution in [0.25, 0.3) is 0 Å². The summed E-state index contributed by atoms with van der Waals surface area (Å²) in [6.07, 6.45) is 2.95. The molecular weight excluding hydrogens is 358 g/mol. The van der Waals surface area contributed by atoms with Gasteiger partial charge in [0.25, 0.3) is 0 Å². The molecule has 0 saturated carbocycles. The quantitative estimate of drug-likeness (QED) is 0.744. The molecule has 1 aromatic rings. The molecule has 1 amide bonds. The van der Waals surface area contributed by atoms with Crippen LogP contribution in [0.2, 0.25) is 0 Å². The maximum absolute atomic E-state index is 12.4. The molecule has 1 fully saturated rings. The Balaban J connectivity index is 1.86. The van der Waals surface area contributed by atoms with Crippen molar-refractivity contribution in [2.45, 2.75) is 24.6 Å². The van der Waals surface area contributed by atoms with E-state index < -0.39 is 5.38 Å². The third-order valence-electron chi connectivity index (χ3n) is 3.75. The topological polar surface area (TPSA) is 38.8 Å². The average molecular weight is 375 g/mol. The van der Waals surface area contributed by atoms with Gasteiger partial charge in [-0.3, -0.25) is 4.79 Å². The van der Waals surface area contributed by atoms with Gasteiger partial charge in [-0.15, -0.1) is 11.6 Å². The van der Waals surface area contributed by atoms with Crippen LogP contribution in [0.4, 0.5) is 0 Å². The molecule has 114 valence electrons. The highest BCUT2D eigenvalue weighted by atomic mass is 79.9. The molecule has 0 aromatic heterocycles. The zero-order valence-corrected chi connectivity index (χ0v) is 14.0. The summed E-state index contributed by atoms with van der Waals surface area (Å²) in [4.78, 5) is 14.2. The summed E-state index contributed by atoms with van der Waals surface area (Å²) in [6, 6.07) is 3.66. The minimum atomic E-state index is -0.684. The molecule has 3 rings (SSSR count). The van der Waals surface area contributed by atoms with Gasteiger partial charge in [0.1, 0.15) is 5.38 Å². The smallest absolute Gasteiger partial charge is 0.245 e. The number of hydrogen-bond donors (Lipinski definition) is 0. The lowest BCUT2D eigenvalue weighted by molar-refractivity contribution is -0.129. The van der Waals surface area contributed by atoms with Crippen LogP contribution in [0.15, 0.2) is 16.6 Å². The fraction of sp³-hybridized carbons (Fsp3) is 0.533. The Bertz CT molecular complexity index is 546. The van der Waals surface area contributed by atoms with Gasteiger partial charge in [-0.1, -0.05) is 0 Å². The maximum Gasteiger partial charge on any atom is 0.245 e. The molecule has 1 aromatic carbocycles. The van der Waals surface area contributed by atoms with Crippen LogP contribution in [0.3, 0.4) is 0 Å². The van der Waals surface area contributed by atoms with Crippen LogP contribution >= 0.6 is 27.5 Å². The van der Waals surface area contributed by atoms with Gasteiger partial charge in [0.2, 0.25) is 5.91 Å². The summed E-state index contributed by atoms with van der Waals surface area (Å²) in [7, 11) is 0. The second-order valence-electron chi connectivity index (χ2n) is 5.28. The van der Waals surface area contributed by atoms with Crippen LogP contribution in [0, 0.1) is 0 Å². The second-order valence-corrected chi connectivity index (χ2v) is 6.57. The summed E-state index contributed by atoms with van der Waals surface area (Å²) >= 11 is 9.86. The normalized spacial score (nSPS) is 19.2. The minimum absolute atomic E-state index is 0.0319. The van der Waals surface area contributed by atoms with E-state index in [0.717, 1.165) is 42.4 Å². The Kier molecular flexibility index (Phi) is 4.60. The first-order valence-corrected chi connectivity index (χ1v) is 8.41. The first-order valence-electron chi connectivity index (χ1n) is 7.19. The number of rotatable bonds is 2. The van der Waals surface area contributed by atoms with E-state index in [-0.39, 0.29) is 5.91 Å². The molecule has 6 heteroatoms. The van der Waals surface area contributed by atoms with E-state index in [1.54, 1.807) is 0 Å². The third-order valence-corrected chi connectivity index (χ3v) is 4.78. The minimum Gasteiger partial charge on any atom is -0.490 e. The molecule has 0 spiro atoms. The number of alkyl halides is 1. The number of amides is 1. The van der Waals surface area contributed by atoms with E-state index in [1.807, 2.05) is 17.0 Å². The summed E-state index contributed by atoms with van der Waals surface area (Å²) in [5.41, 5.74) is 0.740. The van der Waals surface area contributed by atoms with E-state index in [1.165, 1.54) is 0 Å². The zero-order chi connectivity index (χ0) is 14.8. The molecule has 21 heavy (non-hydrogen) atoms. The Morgan fingerprint density at radius 2 is 1.90 bits per heavy atom. The highest BCUT2D eigenvalue weighted by Crippen LogP contribution is 2.41. The Morgan fingerprint density at radius 1 is 1.19 bits per heavy atom. The molecule has 2 aliphatic heterocycles. The van der Waals surface area contributed by atoms with Crippen molar-refractivity contribution in [2.24, 2.45) is 0 Å². The van der Waals surface area contributed by atoms with Crippen molar-refractivity contribution in [3.63, 3.8) is 0 Å². The molecule has 1 atom stereocenters. The first kappa shape index (κ1) is 15.0. The number of hydrogen-bond acceptors (Lipinski definition) is 3. The van der Waals surface area contributed by atoms with Gasteiger partial charge in [-0.05, 0) is 46.5 Å². The largest absolute Gasteiger partial charge is 0.490 e. The average Bonchev–Trinajstić information content (AvgIpc) is 2.91. The first-order chi connectivity index (χ1) is 10.2. The number of fused-ring (bicyclic) bond motifs is 1. The molecule has 0 bridgehead atoms. The van der Waals surface area contributed by atoms with Crippen molar-refractivity contribution in [2.75, 3.05) is 26.3 Å². The number of ether oxygens (including phenoxy) is 2. The van der Waals surface area contributed by atoms with Crippen molar-refractivity contribution in [3.05, 3.63) is 22.2 Å². The molecule has 1 saturated heterocycles. The van der Waals surface area contributed by atoms with Crippen molar-refractivity contribution in [3.8, 4) is 11.5 Å². The van der Waals surface area contributed by atoms with E-state index in [4.69, 9.17) is 21.1 Å². The van der Waals surface area contributed by atoms with Gasteiger partial charge in [-0.2, -0.15) is 0 Å². The zero-order valence-electron chi connectivity index (χ0n) is 11.6. The molecule has 1 unspecified atom stereocenters. The number of carbonyl (C=O) groups is 1. The van der Waals surface area contributed by atoms with Crippen molar-refractivity contribution >= 4 is 33.4 Å². The fourth-order valence-corrected chi connectivity index (χ4v) is 3.48. The fourth-order valence-electron chi connectivity index (χ4n) is 2.64. The van der Waals surface area contributed by atoms with Gasteiger partial charge >= 0.3 is 0 Å². The maximum atomic E-state index is 12.4. The molecule has 0 radical (unpaired) electrons. The summed E-state index contributed by atoms with van der Waals surface area (Å²) in [5.74, 6) is 1.31. The number of nitrogens with zero attached hydrogens (tertiary/aromatic N) is 1. The van der Waals surface area contributed by atoms with Crippen LogP contribution in [0.5, 0.6) is 11.5 Å². The molecule has 2 aliphatic rings. The number of carbonyl (C=O) groups excluding carboxylic acids is 1. The van der Waals surface area contributed by atoms with Crippen LogP contribution in [-0.2, 0) is 4.79 Å². The van der Waals surface area contributed by atoms with Crippen LogP contribution in [0.1, 0.15) is 30.2 Å². The van der Waals surface area contributed by atoms with Crippen molar-refractivity contribution < 1.29 is 14.3 Å². The van der Waals surface area contributed by atoms with Crippen LogP contribution in [-0.4, -0.2) is 37.1 Å². The Labute approximate surface area is 137 Å². The second kappa shape index (κ2) is 6.44. The summed E-state index contributed by atoms with van der Waals surface area (Å²) in [5, 5.41) is -0.684. The number of likely N-dealkylation sites (tertiary alicyclic amines) is 1. The third kappa shape index (κ3) is 3.14. The molecule has 0 aliphatic carbocycles. The Hall–Kier alpha value is -0.940. The predicted octanol–water partition coefficient (Wildman–Crippen LogP) is 3.51. The molecular formula is C15H17BrClNO3. The number of halogens is 2. The van der Waals surface area contributed by atoms with Crippen LogP contribution < -0.4 is 9.47 Å². The number of benzene rings is 1. The highest BCUT2D eigenvalue weighted by molar-refractivity contribution is 9.10. The van der Waals surface area contributed by atoms with Gasteiger partial charge in [0.05, 0.1) is 17.7 Å². The predicted molar refractivity (Wildman–Crippen MR) is 84.2 cm³/mol. The van der Waals surface area contributed by atoms with E-state index in [2.05, 4.69) is 15.9 Å². The summed E-state index contributed by atoms with van der Waals surface area (Å²) < 4.78 is 12.1. The van der Waals surface area contributed by atoms with Gasteiger partial charge in [-0.25, -0.2) is 0 Å². The molecule has 4 nitrogen and oxygen atoms in total. The highest BCUT2D eigenvalue weighted by Gasteiger charge is 2.28. The van der Waals surface area contributed by atoms with Crippen molar-refractivity contribution in [1.29, 1.82) is 0 Å². The van der Waals surface area contributed by atoms with Gasteiger partial charge in [0.15, 0.2) is 11.5 Å². The van der Waals surface area contributed by atoms with Gasteiger partial charge < -0.3 is 14.4 Å². The SMILES string of the molecule is O=C(C(Cl)c1cc(Br)c2c(c1)OCCCO2)N1CCCC1. The van der Waals surface area contributed by atoms with Crippen molar-refractivity contribution in [1.82, 2.24) is 4.90 Å². The Morgan fingerprint density at radius 3 is 2.67 bits per heavy atom. The lowest BCUT2D eigenvalue weighted by Gasteiger charge is -2.20. The standard InChI is InChI=1S/C15H17BrClNO3/c16-11-8-10(9-12-14(11)21-7-3-6-20-12)13(17)15(19)18-4-1-2-5-18/h8-9,13H,1-7H2. The summed E-state index contributed by atoms with van der Waals surface area (Å²) in [6.45, 7) is 2.83. The van der Waals surface area contributed by atoms with Gasteiger partial charge in [0, 0.05) is 19.5 Å². The van der Waals surface area contributed by atoms with E-state index >= 15 is 0 Å². The van der Waals surface area contributed by atoms with E-state index in [9.17, 15) is 4.79 Å².